The van der Waals surface area contributed by atoms with E-state index in [1.807, 2.05) is 19.1 Å². The summed E-state index contributed by atoms with van der Waals surface area (Å²) in [6, 6.07) is 7.15. The molecule has 0 unspecified atom stereocenters. The Balaban J connectivity index is 1.96. The van der Waals surface area contributed by atoms with Gasteiger partial charge in [0.1, 0.15) is 5.56 Å². The smallest absolute Gasteiger partial charge is 0.345 e. The van der Waals surface area contributed by atoms with Gasteiger partial charge in [0.05, 0.1) is 12.3 Å². The number of hydrogen-bond acceptors (Lipinski definition) is 6. The van der Waals surface area contributed by atoms with Gasteiger partial charge in [-0.2, -0.15) is 0 Å². The Morgan fingerprint density at radius 2 is 1.80 bits per heavy atom. The Morgan fingerprint density at radius 1 is 1.12 bits per heavy atom. The SMILES string of the molecule is CCOC(=O)c1c(C)noc1NC(=O)CCC(=O)c1ccc(C)cc1. The first-order valence-electron chi connectivity index (χ1n) is 7.95. The van der Waals surface area contributed by atoms with Crippen LogP contribution in [0.15, 0.2) is 28.8 Å². The van der Waals surface area contributed by atoms with Gasteiger partial charge in [0.15, 0.2) is 5.78 Å². The molecule has 7 heteroatoms. The van der Waals surface area contributed by atoms with Gasteiger partial charge in [-0.25, -0.2) is 4.79 Å². The average molecular weight is 344 g/mol. The van der Waals surface area contributed by atoms with E-state index in [-0.39, 0.29) is 36.7 Å². The molecule has 0 aliphatic heterocycles. The van der Waals surface area contributed by atoms with Crippen molar-refractivity contribution in [2.75, 3.05) is 11.9 Å². The third kappa shape index (κ3) is 4.76. The summed E-state index contributed by atoms with van der Waals surface area (Å²) in [5.41, 5.74) is 2.02. The minimum Gasteiger partial charge on any atom is -0.462 e. The van der Waals surface area contributed by atoms with Gasteiger partial charge >= 0.3 is 5.97 Å². The lowest BCUT2D eigenvalue weighted by Gasteiger charge is -2.05. The second-order valence-electron chi connectivity index (χ2n) is 5.53. The zero-order valence-electron chi connectivity index (χ0n) is 14.4. The summed E-state index contributed by atoms with van der Waals surface area (Å²) in [5, 5.41) is 6.13. The highest BCUT2D eigenvalue weighted by Crippen LogP contribution is 2.21. The predicted octanol–water partition coefficient (Wildman–Crippen LogP) is 3.07. The second-order valence-corrected chi connectivity index (χ2v) is 5.53. The number of nitrogens with zero attached hydrogens (tertiary/aromatic N) is 1. The highest BCUT2D eigenvalue weighted by Gasteiger charge is 2.23. The van der Waals surface area contributed by atoms with E-state index in [0.717, 1.165) is 5.56 Å². The van der Waals surface area contributed by atoms with Crippen LogP contribution in [0.1, 0.15) is 51.7 Å². The molecular weight excluding hydrogens is 324 g/mol. The monoisotopic (exact) mass is 344 g/mol. The molecule has 0 spiro atoms. The number of aromatic nitrogens is 1. The number of aryl methyl sites for hydroxylation is 2. The first-order chi connectivity index (χ1) is 11.9. The fourth-order valence-electron chi connectivity index (χ4n) is 2.20. The molecule has 1 aromatic heterocycles. The van der Waals surface area contributed by atoms with Crippen molar-refractivity contribution in [1.29, 1.82) is 0 Å². The van der Waals surface area contributed by atoms with Gasteiger partial charge in [-0.1, -0.05) is 35.0 Å². The summed E-state index contributed by atoms with van der Waals surface area (Å²) < 4.78 is 9.88. The molecule has 1 N–H and O–H groups in total. The molecule has 0 fully saturated rings. The molecule has 7 nitrogen and oxygen atoms in total. The highest BCUT2D eigenvalue weighted by molar-refractivity contribution is 6.02. The molecule has 2 rings (SSSR count). The molecule has 2 aromatic rings. The van der Waals surface area contributed by atoms with E-state index in [2.05, 4.69) is 10.5 Å². The number of Topliss-reactive ketones (excluding diaryl/α,β-unsaturated/α-hetero) is 1. The molecule has 0 atom stereocenters. The Labute approximate surface area is 145 Å². The second kappa shape index (κ2) is 8.23. The Kier molecular flexibility index (Phi) is 6.05. The van der Waals surface area contributed by atoms with E-state index in [1.54, 1.807) is 26.0 Å². The summed E-state index contributed by atoms with van der Waals surface area (Å²) in [4.78, 5) is 36.0. The lowest BCUT2D eigenvalue weighted by Crippen LogP contribution is -2.16. The Hall–Kier alpha value is -2.96. The molecule has 0 saturated carbocycles. The molecule has 25 heavy (non-hydrogen) atoms. The van der Waals surface area contributed by atoms with Gasteiger partial charge in [-0.15, -0.1) is 0 Å². The topological polar surface area (TPSA) is 98.5 Å². The lowest BCUT2D eigenvalue weighted by atomic mass is 10.0. The summed E-state index contributed by atoms with van der Waals surface area (Å²) in [7, 11) is 0. The van der Waals surface area contributed by atoms with E-state index in [9.17, 15) is 14.4 Å². The van der Waals surface area contributed by atoms with Crippen LogP contribution in [0.2, 0.25) is 0 Å². The van der Waals surface area contributed by atoms with E-state index >= 15 is 0 Å². The highest BCUT2D eigenvalue weighted by atomic mass is 16.5. The maximum Gasteiger partial charge on any atom is 0.345 e. The molecule has 1 amide bonds. The Morgan fingerprint density at radius 3 is 2.44 bits per heavy atom. The fourth-order valence-corrected chi connectivity index (χ4v) is 2.20. The molecule has 132 valence electrons. The van der Waals surface area contributed by atoms with Crippen LogP contribution in [0.5, 0.6) is 0 Å². The first-order valence-corrected chi connectivity index (χ1v) is 7.95. The van der Waals surface area contributed by atoms with Gasteiger partial charge in [0, 0.05) is 18.4 Å². The van der Waals surface area contributed by atoms with Crippen LogP contribution in [0.3, 0.4) is 0 Å². The van der Waals surface area contributed by atoms with Crippen molar-refractivity contribution in [2.45, 2.75) is 33.6 Å². The van der Waals surface area contributed by atoms with Crippen LogP contribution >= 0.6 is 0 Å². The van der Waals surface area contributed by atoms with E-state index in [0.29, 0.717) is 11.3 Å². The van der Waals surface area contributed by atoms with Gasteiger partial charge in [-0.05, 0) is 20.8 Å². The van der Waals surface area contributed by atoms with Crippen LogP contribution in [0.4, 0.5) is 5.88 Å². The van der Waals surface area contributed by atoms with Crippen molar-refractivity contribution >= 4 is 23.5 Å². The number of carbonyl (C=O) groups excluding carboxylic acids is 3. The molecule has 0 aliphatic carbocycles. The molecule has 1 aromatic carbocycles. The molecular formula is C18H20N2O5. The number of ether oxygens (including phenoxy) is 1. The zero-order chi connectivity index (χ0) is 18.4. The van der Waals surface area contributed by atoms with E-state index < -0.39 is 11.9 Å². The fraction of sp³-hybridized carbons (Fsp3) is 0.333. The molecule has 0 aliphatic rings. The van der Waals surface area contributed by atoms with Crippen molar-refractivity contribution in [3.05, 3.63) is 46.6 Å². The first kappa shape index (κ1) is 18.4. The quantitative estimate of drug-likeness (QED) is 0.612. The van der Waals surface area contributed by atoms with Crippen molar-refractivity contribution < 1.29 is 23.6 Å². The number of hydrogen-bond donors (Lipinski definition) is 1. The number of amides is 1. The number of benzene rings is 1. The normalized spacial score (nSPS) is 10.4. The van der Waals surface area contributed by atoms with Crippen molar-refractivity contribution in [2.24, 2.45) is 0 Å². The van der Waals surface area contributed by atoms with Gasteiger partial charge in [0.2, 0.25) is 11.8 Å². The molecule has 0 saturated heterocycles. The standard InChI is InChI=1S/C18H20N2O5/c1-4-24-18(23)16-12(3)20-25-17(16)19-15(22)10-9-14(21)13-7-5-11(2)6-8-13/h5-8H,4,9-10H2,1-3H3,(H,19,22). The number of rotatable bonds is 7. The number of carbonyl (C=O) groups is 3. The molecule has 0 radical (unpaired) electrons. The lowest BCUT2D eigenvalue weighted by molar-refractivity contribution is -0.116. The summed E-state index contributed by atoms with van der Waals surface area (Å²) in [5.74, 6) is -1.26. The minimum absolute atomic E-state index is 0.0330. The average Bonchev–Trinajstić information content (AvgIpc) is 2.94. The largest absolute Gasteiger partial charge is 0.462 e. The predicted molar refractivity (Wildman–Crippen MR) is 90.6 cm³/mol. The van der Waals surface area contributed by atoms with E-state index in [4.69, 9.17) is 9.26 Å². The number of anilines is 1. The van der Waals surface area contributed by atoms with Crippen molar-refractivity contribution in [1.82, 2.24) is 5.16 Å². The number of ketones is 1. The third-order valence-corrected chi connectivity index (χ3v) is 3.55. The van der Waals surface area contributed by atoms with Crippen LogP contribution < -0.4 is 5.32 Å². The van der Waals surface area contributed by atoms with Crippen LogP contribution in [0, 0.1) is 13.8 Å². The van der Waals surface area contributed by atoms with Gasteiger partial charge in [-0.3, -0.25) is 14.9 Å². The third-order valence-electron chi connectivity index (χ3n) is 3.55. The maximum absolute atomic E-state index is 12.1. The van der Waals surface area contributed by atoms with Crippen molar-refractivity contribution in [3.63, 3.8) is 0 Å². The maximum atomic E-state index is 12.1. The zero-order valence-corrected chi connectivity index (χ0v) is 14.4. The van der Waals surface area contributed by atoms with Crippen LogP contribution in [0.25, 0.3) is 0 Å². The van der Waals surface area contributed by atoms with E-state index in [1.165, 1.54) is 0 Å². The van der Waals surface area contributed by atoms with Crippen LogP contribution in [-0.2, 0) is 9.53 Å². The summed E-state index contributed by atoms with van der Waals surface area (Å²) >= 11 is 0. The Bertz CT molecular complexity index is 777. The number of nitrogens with one attached hydrogen (secondary N) is 1. The van der Waals surface area contributed by atoms with Gasteiger partial charge < -0.3 is 9.26 Å². The number of esters is 1. The van der Waals surface area contributed by atoms with Crippen LogP contribution in [-0.4, -0.2) is 29.4 Å². The van der Waals surface area contributed by atoms with Crippen molar-refractivity contribution in [3.8, 4) is 0 Å². The summed E-state index contributed by atoms with van der Waals surface area (Å²) in [6.45, 7) is 5.38. The summed E-state index contributed by atoms with van der Waals surface area (Å²) in [6.07, 6.45) is 0.0193. The van der Waals surface area contributed by atoms with Gasteiger partial charge in [0.25, 0.3) is 0 Å². The molecule has 0 bridgehead atoms. The molecule has 1 heterocycles. The minimum atomic E-state index is -0.618.